The van der Waals surface area contributed by atoms with Crippen molar-refractivity contribution in [3.05, 3.63) is 82.6 Å². The van der Waals surface area contributed by atoms with E-state index in [-0.39, 0.29) is 30.1 Å². The maximum atomic E-state index is 13.9. The van der Waals surface area contributed by atoms with Gasteiger partial charge in [0.1, 0.15) is 5.82 Å². The molecular weight excluding hydrogens is 369 g/mol. The highest BCUT2D eigenvalue weighted by Crippen LogP contribution is 2.49. The van der Waals surface area contributed by atoms with E-state index >= 15 is 0 Å². The first-order chi connectivity index (χ1) is 11.6. The summed E-state index contributed by atoms with van der Waals surface area (Å²) in [6.45, 7) is 4.42. The molecule has 1 aliphatic carbocycles. The van der Waals surface area contributed by atoms with Crippen molar-refractivity contribution in [2.24, 2.45) is 5.92 Å². The largest absolute Gasteiger partial charge is 0.334 e. The van der Waals surface area contributed by atoms with Gasteiger partial charge in [0, 0.05) is 29.0 Å². The Morgan fingerprint density at radius 1 is 1.29 bits per heavy atom. The zero-order chi connectivity index (χ0) is 17.1. The van der Waals surface area contributed by atoms with E-state index in [0.717, 1.165) is 10.9 Å². The van der Waals surface area contributed by atoms with Crippen molar-refractivity contribution in [2.75, 3.05) is 6.54 Å². The van der Waals surface area contributed by atoms with E-state index in [9.17, 15) is 9.18 Å². The quantitative estimate of drug-likeness (QED) is 0.645. The van der Waals surface area contributed by atoms with Crippen LogP contribution in [0.15, 0.2) is 65.7 Å². The van der Waals surface area contributed by atoms with Crippen LogP contribution in [0.2, 0.25) is 0 Å². The van der Waals surface area contributed by atoms with Crippen LogP contribution < -0.4 is 0 Å². The summed E-state index contributed by atoms with van der Waals surface area (Å²) >= 11 is 3.47. The number of carbonyl (C=O) groups is 1. The van der Waals surface area contributed by atoms with Crippen molar-refractivity contribution >= 4 is 21.8 Å². The molecule has 2 aromatic rings. The van der Waals surface area contributed by atoms with E-state index in [0.29, 0.717) is 12.1 Å². The topological polar surface area (TPSA) is 20.3 Å². The van der Waals surface area contributed by atoms with Gasteiger partial charge in [-0.05, 0) is 36.1 Å². The molecule has 0 spiro atoms. The minimum absolute atomic E-state index is 0.0222. The zero-order valence-corrected chi connectivity index (χ0v) is 14.9. The minimum Gasteiger partial charge on any atom is -0.334 e. The van der Waals surface area contributed by atoms with Gasteiger partial charge in [0.05, 0.1) is 0 Å². The predicted octanol–water partition coefficient (Wildman–Crippen LogP) is 4.91. The molecule has 2 unspecified atom stereocenters. The summed E-state index contributed by atoms with van der Waals surface area (Å²) in [5.74, 6) is 0.0239. The van der Waals surface area contributed by atoms with Crippen LogP contribution in [0, 0.1) is 11.7 Å². The number of hydrogen-bond donors (Lipinski definition) is 0. The predicted molar refractivity (Wildman–Crippen MR) is 97.0 cm³/mol. The normalized spacial score (nSPS) is 18.9. The van der Waals surface area contributed by atoms with Crippen LogP contribution in [0.3, 0.4) is 0 Å². The lowest BCUT2D eigenvalue weighted by Gasteiger charge is -2.22. The summed E-state index contributed by atoms with van der Waals surface area (Å²) in [6, 6.07) is 14.7. The number of hydrogen-bond acceptors (Lipinski definition) is 1. The third-order valence-corrected chi connectivity index (χ3v) is 4.86. The smallest absolute Gasteiger partial charge is 0.226 e. The lowest BCUT2D eigenvalue weighted by molar-refractivity contribution is -0.132. The Morgan fingerprint density at radius 3 is 2.79 bits per heavy atom. The molecule has 0 radical (unpaired) electrons. The number of rotatable bonds is 6. The number of nitrogens with zero attached hydrogens (tertiary/aromatic N) is 1. The number of carbonyl (C=O) groups excluding carboxylic acids is 1. The second-order valence-electron chi connectivity index (χ2n) is 6.10. The van der Waals surface area contributed by atoms with Crippen LogP contribution in [-0.2, 0) is 11.3 Å². The van der Waals surface area contributed by atoms with Gasteiger partial charge in [0.15, 0.2) is 0 Å². The van der Waals surface area contributed by atoms with Crippen LogP contribution in [0.5, 0.6) is 0 Å². The molecule has 0 bridgehead atoms. The van der Waals surface area contributed by atoms with Gasteiger partial charge in [-0.1, -0.05) is 52.3 Å². The Hall–Kier alpha value is -1.94. The highest BCUT2D eigenvalue weighted by Gasteiger charge is 2.45. The van der Waals surface area contributed by atoms with Crippen molar-refractivity contribution in [2.45, 2.75) is 18.9 Å². The molecule has 0 aromatic heterocycles. The number of benzene rings is 2. The highest BCUT2D eigenvalue weighted by molar-refractivity contribution is 9.10. The van der Waals surface area contributed by atoms with Crippen molar-refractivity contribution in [3.8, 4) is 0 Å². The van der Waals surface area contributed by atoms with Crippen molar-refractivity contribution in [1.29, 1.82) is 0 Å². The van der Waals surface area contributed by atoms with Crippen molar-refractivity contribution < 1.29 is 9.18 Å². The van der Waals surface area contributed by atoms with E-state index in [1.807, 2.05) is 12.1 Å². The molecule has 0 N–H and O–H groups in total. The van der Waals surface area contributed by atoms with Crippen LogP contribution >= 0.6 is 15.9 Å². The fraction of sp³-hybridized carbons (Fsp3) is 0.250. The number of amides is 1. The summed E-state index contributed by atoms with van der Waals surface area (Å²) in [7, 11) is 0. The Balaban J connectivity index is 1.72. The maximum absolute atomic E-state index is 13.9. The van der Waals surface area contributed by atoms with Gasteiger partial charge < -0.3 is 4.90 Å². The van der Waals surface area contributed by atoms with Gasteiger partial charge in [-0.15, -0.1) is 6.58 Å². The van der Waals surface area contributed by atoms with E-state index in [4.69, 9.17) is 0 Å². The highest BCUT2D eigenvalue weighted by atomic mass is 79.9. The molecule has 124 valence electrons. The molecule has 3 rings (SSSR count). The lowest BCUT2D eigenvalue weighted by Crippen LogP contribution is -2.32. The third kappa shape index (κ3) is 3.75. The second-order valence-corrected chi connectivity index (χ2v) is 7.02. The van der Waals surface area contributed by atoms with E-state index < -0.39 is 0 Å². The molecule has 0 saturated heterocycles. The van der Waals surface area contributed by atoms with Gasteiger partial charge in [-0.3, -0.25) is 4.79 Å². The molecule has 1 fully saturated rings. The molecule has 2 aromatic carbocycles. The Morgan fingerprint density at radius 2 is 2.08 bits per heavy atom. The average molecular weight is 388 g/mol. The fourth-order valence-electron chi connectivity index (χ4n) is 3.03. The summed E-state index contributed by atoms with van der Waals surface area (Å²) in [5, 5.41) is 0. The standard InChI is InChI=1S/C20H19BrFNO/c1-2-10-23(13-15-6-3-4-9-19(15)22)20(24)18-12-17(18)14-7-5-8-16(21)11-14/h2-9,11,17-18H,1,10,12-13H2. The molecule has 1 aliphatic rings. The Labute approximate surface area is 150 Å². The summed E-state index contributed by atoms with van der Waals surface area (Å²) < 4.78 is 14.9. The van der Waals surface area contributed by atoms with Crippen molar-refractivity contribution in [1.82, 2.24) is 4.90 Å². The van der Waals surface area contributed by atoms with Gasteiger partial charge in [-0.25, -0.2) is 4.39 Å². The van der Waals surface area contributed by atoms with Gasteiger partial charge in [-0.2, -0.15) is 0 Å². The minimum atomic E-state index is -0.279. The molecule has 2 atom stereocenters. The molecule has 1 amide bonds. The van der Waals surface area contributed by atoms with Gasteiger partial charge in [0.2, 0.25) is 5.91 Å². The Bertz CT molecular complexity index is 761. The lowest BCUT2D eigenvalue weighted by atomic mass is 10.1. The number of halogens is 2. The van der Waals surface area contributed by atoms with Crippen LogP contribution in [0.1, 0.15) is 23.5 Å². The summed E-state index contributed by atoms with van der Waals surface area (Å²) in [6.07, 6.45) is 2.54. The average Bonchev–Trinajstić information content (AvgIpc) is 3.36. The van der Waals surface area contributed by atoms with E-state index in [2.05, 4.69) is 34.6 Å². The molecular formula is C20H19BrFNO. The van der Waals surface area contributed by atoms with E-state index in [1.54, 1.807) is 29.2 Å². The fourth-order valence-corrected chi connectivity index (χ4v) is 3.45. The second kappa shape index (κ2) is 7.31. The molecule has 4 heteroatoms. The van der Waals surface area contributed by atoms with Gasteiger partial charge >= 0.3 is 0 Å². The maximum Gasteiger partial charge on any atom is 0.226 e. The van der Waals surface area contributed by atoms with Gasteiger partial charge in [0.25, 0.3) is 0 Å². The van der Waals surface area contributed by atoms with Crippen LogP contribution in [-0.4, -0.2) is 17.4 Å². The SMILES string of the molecule is C=CCN(Cc1ccccc1F)C(=O)C1CC1c1cccc(Br)c1. The Kier molecular flexibility index (Phi) is 5.14. The zero-order valence-electron chi connectivity index (χ0n) is 13.3. The molecule has 24 heavy (non-hydrogen) atoms. The molecule has 1 saturated carbocycles. The first-order valence-electron chi connectivity index (χ1n) is 7.98. The third-order valence-electron chi connectivity index (χ3n) is 4.36. The van der Waals surface area contributed by atoms with Crippen LogP contribution in [0.25, 0.3) is 0 Å². The summed E-state index contributed by atoms with van der Waals surface area (Å²) in [5.41, 5.74) is 1.71. The first kappa shape index (κ1) is 16.9. The molecule has 0 aliphatic heterocycles. The van der Waals surface area contributed by atoms with Crippen molar-refractivity contribution in [3.63, 3.8) is 0 Å². The molecule has 0 heterocycles. The first-order valence-corrected chi connectivity index (χ1v) is 8.78. The van der Waals surface area contributed by atoms with Crippen LogP contribution in [0.4, 0.5) is 4.39 Å². The monoisotopic (exact) mass is 387 g/mol. The molecule has 2 nitrogen and oxygen atoms in total. The summed E-state index contributed by atoms with van der Waals surface area (Å²) in [4.78, 5) is 14.5. The van der Waals surface area contributed by atoms with E-state index in [1.165, 1.54) is 11.6 Å².